The van der Waals surface area contributed by atoms with Crippen molar-refractivity contribution in [3.05, 3.63) is 0 Å². The summed E-state index contributed by atoms with van der Waals surface area (Å²) < 4.78 is 0. The van der Waals surface area contributed by atoms with Crippen molar-refractivity contribution in [1.82, 2.24) is 0 Å². The summed E-state index contributed by atoms with van der Waals surface area (Å²) in [5, 5.41) is 9.33. The molecule has 0 aliphatic rings. The van der Waals surface area contributed by atoms with Crippen LogP contribution in [0, 0.1) is 11.8 Å². The van der Waals surface area contributed by atoms with E-state index >= 15 is 0 Å². The highest BCUT2D eigenvalue weighted by Crippen LogP contribution is 2.10. The fourth-order valence-corrected chi connectivity index (χ4v) is 1.37. The van der Waals surface area contributed by atoms with E-state index in [1.165, 1.54) is 0 Å². The van der Waals surface area contributed by atoms with Gasteiger partial charge in [0.1, 0.15) is 0 Å². The molecule has 0 aromatic rings. The monoisotopic (exact) mass is 200 g/mol. The van der Waals surface area contributed by atoms with Crippen LogP contribution in [0.25, 0.3) is 0 Å². The number of hydrogen-bond acceptors (Lipinski definition) is 3. The van der Waals surface area contributed by atoms with E-state index in [1.54, 1.807) is 11.8 Å². The molecule has 3 heteroatoms. The molecule has 0 aliphatic carbocycles. The third-order valence-electron chi connectivity index (χ3n) is 1.35. The Morgan fingerprint density at radius 3 is 2.31 bits per heavy atom. The second kappa shape index (κ2) is 7.13. The Bertz CT molecular complexity index is 183. The molecule has 0 aromatic carbocycles. The highest BCUT2D eigenvalue weighted by atomic mass is 32.2. The van der Waals surface area contributed by atoms with Crippen molar-refractivity contribution >= 4 is 23.0 Å². The number of nitrogens with zero attached hydrogens (tertiary/aromatic N) is 2. The summed E-state index contributed by atoms with van der Waals surface area (Å²) in [6.45, 7) is 8.58. The smallest absolute Gasteiger partial charge is 0.0958 e. The SMILES string of the molecule is CS/C(CC(C)C)=N\N=C\C(C)C. The quantitative estimate of drug-likeness (QED) is 0.387. The topological polar surface area (TPSA) is 24.7 Å². The molecule has 0 unspecified atom stereocenters. The minimum Gasteiger partial charge on any atom is -0.163 e. The lowest BCUT2D eigenvalue weighted by atomic mass is 10.1. The molecule has 0 aromatic heterocycles. The lowest BCUT2D eigenvalue weighted by Crippen LogP contribution is -1.97. The summed E-state index contributed by atoms with van der Waals surface area (Å²) in [6, 6.07) is 0. The van der Waals surface area contributed by atoms with Gasteiger partial charge in [-0.3, -0.25) is 0 Å². The Kier molecular flexibility index (Phi) is 6.96. The summed E-state index contributed by atoms with van der Waals surface area (Å²) in [4.78, 5) is 0. The Balaban J connectivity index is 4.06. The maximum atomic E-state index is 4.17. The molecule has 0 atom stereocenters. The first-order valence-electron chi connectivity index (χ1n) is 4.70. The molecule has 0 saturated heterocycles. The summed E-state index contributed by atoms with van der Waals surface area (Å²) in [7, 11) is 0. The molecule has 2 nitrogen and oxygen atoms in total. The number of thioether (sulfide) groups is 1. The lowest BCUT2D eigenvalue weighted by molar-refractivity contribution is 0.687. The van der Waals surface area contributed by atoms with Crippen LogP contribution in [0.3, 0.4) is 0 Å². The van der Waals surface area contributed by atoms with Gasteiger partial charge in [-0.05, 0) is 24.5 Å². The second-order valence-electron chi connectivity index (χ2n) is 3.80. The molecule has 76 valence electrons. The Labute approximate surface area is 85.9 Å². The zero-order valence-electron chi connectivity index (χ0n) is 9.24. The molecule has 0 heterocycles. The first kappa shape index (κ1) is 12.7. The van der Waals surface area contributed by atoms with E-state index in [-0.39, 0.29) is 0 Å². The first-order valence-corrected chi connectivity index (χ1v) is 5.92. The van der Waals surface area contributed by atoms with Gasteiger partial charge >= 0.3 is 0 Å². The molecule has 0 bridgehead atoms. The molecule has 13 heavy (non-hydrogen) atoms. The van der Waals surface area contributed by atoms with Crippen molar-refractivity contribution in [3.63, 3.8) is 0 Å². The van der Waals surface area contributed by atoms with Crippen LogP contribution in [-0.2, 0) is 0 Å². The van der Waals surface area contributed by atoms with Crippen LogP contribution in [0.4, 0.5) is 0 Å². The molecule has 0 radical (unpaired) electrons. The minimum absolute atomic E-state index is 0.478. The molecule has 0 aliphatic heterocycles. The Morgan fingerprint density at radius 1 is 1.31 bits per heavy atom. The zero-order valence-corrected chi connectivity index (χ0v) is 10.1. The second-order valence-corrected chi connectivity index (χ2v) is 4.68. The van der Waals surface area contributed by atoms with Crippen LogP contribution >= 0.6 is 11.8 Å². The normalized spacial score (nSPS) is 13.6. The van der Waals surface area contributed by atoms with Crippen LogP contribution < -0.4 is 0 Å². The highest BCUT2D eigenvalue weighted by Gasteiger charge is 2.00. The van der Waals surface area contributed by atoms with Crippen molar-refractivity contribution < 1.29 is 0 Å². The fraction of sp³-hybridized carbons (Fsp3) is 0.800. The highest BCUT2D eigenvalue weighted by molar-refractivity contribution is 8.13. The van der Waals surface area contributed by atoms with Crippen molar-refractivity contribution in [2.75, 3.05) is 6.26 Å². The van der Waals surface area contributed by atoms with Gasteiger partial charge in [-0.2, -0.15) is 5.10 Å². The van der Waals surface area contributed by atoms with E-state index in [4.69, 9.17) is 0 Å². The van der Waals surface area contributed by atoms with Gasteiger partial charge in [-0.1, -0.05) is 27.7 Å². The third-order valence-corrected chi connectivity index (χ3v) is 2.07. The van der Waals surface area contributed by atoms with Crippen LogP contribution in [0.2, 0.25) is 0 Å². The standard InChI is InChI=1S/C10H20N2S/c1-8(2)6-10(13-5)12-11-7-9(3)4/h7-9H,6H2,1-5H3/b11-7+,12-10-. The molecule has 0 saturated carbocycles. The predicted octanol–water partition coefficient (Wildman–Crippen LogP) is 3.44. The summed E-state index contributed by atoms with van der Waals surface area (Å²) in [5.41, 5.74) is 0. The Hall–Kier alpha value is -0.310. The van der Waals surface area contributed by atoms with Crippen molar-refractivity contribution in [3.8, 4) is 0 Å². The summed E-state index contributed by atoms with van der Waals surface area (Å²) in [5.74, 6) is 1.13. The van der Waals surface area contributed by atoms with Gasteiger partial charge in [-0.15, -0.1) is 16.9 Å². The van der Waals surface area contributed by atoms with Crippen molar-refractivity contribution in [1.29, 1.82) is 0 Å². The number of hydrogen-bond donors (Lipinski definition) is 0. The molecule has 0 rings (SSSR count). The largest absolute Gasteiger partial charge is 0.163 e. The fourth-order valence-electron chi connectivity index (χ4n) is 0.745. The van der Waals surface area contributed by atoms with E-state index < -0.39 is 0 Å². The molecule has 0 N–H and O–H groups in total. The molecule has 0 fully saturated rings. The van der Waals surface area contributed by atoms with Gasteiger partial charge in [0.25, 0.3) is 0 Å². The maximum absolute atomic E-state index is 4.17. The predicted molar refractivity (Wildman–Crippen MR) is 63.7 cm³/mol. The maximum Gasteiger partial charge on any atom is 0.0958 e. The van der Waals surface area contributed by atoms with Crippen molar-refractivity contribution in [2.45, 2.75) is 34.1 Å². The molecule has 0 spiro atoms. The molecule has 0 amide bonds. The Morgan fingerprint density at radius 2 is 1.92 bits per heavy atom. The van der Waals surface area contributed by atoms with Crippen LogP contribution in [0.5, 0.6) is 0 Å². The average Bonchev–Trinajstić information content (AvgIpc) is 2.01. The van der Waals surface area contributed by atoms with Crippen LogP contribution in [-0.4, -0.2) is 17.5 Å². The minimum atomic E-state index is 0.478. The van der Waals surface area contributed by atoms with Gasteiger partial charge in [0, 0.05) is 6.21 Å². The van der Waals surface area contributed by atoms with E-state index in [0.29, 0.717) is 11.8 Å². The molecular weight excluding hydrogens is 180 g/mol. The third kappa shape index (κ3) is 8.03. The molecular formula is C10H20N2S. The zero-order chi connectivity index (χ0) is 10.3. The van der Waals surface area contributed by atoms with E-state index in [2.05, 4.69) is 37.9 Å². The van der Waals surface area contributed by atoms with E-state index in [1.807, 2.05) is 12.5 Å². The summed E-state index contributed by atoms with van der Waals surface area (Å²) in [6.07, 6.45) is 4.94. The van der Waals surface area contributed by atoms with Crippen LogP contribution in [0.15, 0.2) is 10.2 Å². The van der Waals surface area contributed by atoms with Crippen molar-refractivity contribution in [2.24, 2.45) is 22.0 Å². The van der Waals surface area contributed by atoms with Gasteiger partial charge < -0.3 is 0 Å². The van der Waals surface area contributed by atoms with E-state index in [0.717, 1.165) is 11.5 Å². The van der Waals surface area contributed by atoms with Crippen LogP contribution in [0.1, 0.15) is 34.1 Å². The van der Waals surface area contributed by atoms with Gasteiger partial charge in [0.2, 0.25) is 0 Å². The lowest BCUT2D eigenvalue weighted by Gasteiger charge is -2.03. The number of rotatable bonds is 4. The summed E-state index contributed by atoms with van der Waals surface area (Å²) >= 11 is 1.69. The first-order chi connectivity index (χ1) is 6.06. The van der Waals surface area contributed by atoms with Gasteiger partial charge in [0.15, 0.2) is 0 Å². The average molecular weight is 200 g/mol. The van der Waals surface area contributed by atoms with E-state index in [9.17, 15) is 0 Å². The van der Waals surface area contributed by atoms with Gasteiger partial charge in [0.05, 0.1) is 5.04 Å². The van der Waals surface area contributed by atoms with Gasteiger partial charge in [-0.25, -0.2) is 0 Å².